The van der Waals surface area contributed by atoms with Crippen molar-refractivity contribution in [1.29, 1.82) is 5.26 Å². The fraction of sp³-hybridized carbons (Fsp3) is 0.429. The van der Waals surface area contributed by atoms with E-state index >= 15 is 0 Å². The Bertz CT molecular complexity index is 943. The lowest BCUT2D eigenvalue weighted by Gasteiger charge is -2.36. The number of allylic oxidation sites excluding steroid dienone is 1. The normalized spacial score (nSPS) is 20.8. The minimum absolute atomic E-state index is 0.138. The maximum Gasteiger partial charge on any atom is 0.163 e. The lowest BCUT2D eigenvalue weighted by Crippen LogP contribution is -2.35. The van der Waals surface area contributed by atoms with Gasteiger partial charge in [-0.25, -0.2) is 4.39 Å². The maximum absolute atomic E-state index is 13.9. The van der Waals surface area contributed by atoms with E-state index in [1.54, 1.807) is 12.3 Å². The summed E-state index contributed by atoms with van der Waals surface area (Å²) in [6, 6.07) is 7.52. The number of aliphatic imine (C=N–C) groups is 1. The summed E-state index contributed by atoms with van der Waals surface area (Å²) in [6.45, 7) is 6.40. The third kappa shape index (κ3) is 2.61. The zero-order valence-corrected chi connectivity index (χ0v) is 15.4. The SMILES string of the molecule is CC(C)n1c(C2N=CC=CN2[C@@H](C)C2CC2)c(C#N)c2cc(F)ccc21. The number of benzene rings is 1. The second-order valence-corrected chi connectivity index (χ2v) is 7.54. The van der Waals surface area contributed by atoms with Crippen LogP contribution in [-0.4, -0.2) is 21.7 Å². The Labute approximate surface area is 153 Å². The van der Waals surface area contributed by atoms with Gasteiger partial charge >= 0.3 is 0 Å². The highest BCUT2D eigenvalue weighted by Gasteiger charge is 2.37. The smallest absolute Gasteiger partial charge is 0.163 e. The molecular weight excluding hydrogens is 327 g/mol. The molecule has 4 nitrogen and oxygen atoms in total. The molecule has 0 N–H and O–H groups in total. The van der Waals surface area contributed by atoms with Crippen LogP contribution in [0.3, 0.4) is 0 Å². The molecule has 2 aliphatic rings. The number of rotatable bonds is 4. The summed E-state index contributed by atoms with van der Waals surface area (Å²) in [4.78, 5) is 6.98. The lowest BCUT2D eigenvalue weighted by molar-refractivity contribution is 0.193. The quantitative estimate of drug-likeness (QED) is 0.785. The van der Waals surface area contributed by atoms with Crippen molar-refractivity contribution >= 4 is 17.1 Å². The van der Waals surface area contributed by atoms with Crippen LogP contribution >= 0.6 is 0 Å². The molecule has 0 saturated heterocycles. The summed E-state index contributed by atoms with van der Waals surface area (Å²) in [5, 5.41) is 10.6. The fourth-order valence-corrected chi connectivity index (χ4v) is 4.05. The second kappa shape index (κ2) is 6.28. The largest absolute Gasteiger partial charge is 0.348 e. The minimum atomic E-state index is -0.322. The van der Waals surface area contributed by atoms with Gasteiger partial charge in [-0.1, -0.05) is 0 Å². The number of aromatic nitrogens is 1. The zero-order chi connectivity index (χ0) is 18.4. The summed E-state index contributed by atoms with van der Waals surface area (Å²) in [5.74, 6) is 0.354. The van der Waals surface area contributed by atoms with Gasteiger partial charge in [0.2, 0.25) is 0 Å². The van der Waals surface area contributed by atoms with Crippen LogP contribution in [0.4, 0.5) is 4.39 Å². The second-order valence-electron chi connectivity index (χ2n) is 7.54. The van der Waals surface area contributed by atoms with Crippen molar-refractivity contribution in [3.05, 3.63) is 47.5 Å². The summed E-state index contributed by atoms with van der Waals surface area (Å²) in [5.41, 5.74) is 2.27. The Balaban J connectivity index is 1.94. The predicted octanol–water partition coefficient (Wildman–Crippen LogP) is 4.93. The van der Waals surface area contributed by atoms with Gasteiger partial charge in [-0.15, -0.1) is 0 Å². The Morgan fingerprint density at radius 3 is 2.69 bits per heavy atom. The molecule has 0 amide bonds. The number of nitriles is 1. The summed E-state index contributed by atoms with van der Waals surface area (Å²) >= 11 is 0. The first-order valence-corrected chi connectivity index (χ1v) is 9.23. The topological polar surface area (TPSA) is 44.3 Å². The van der Waals surface area contributed by atoms with Crippen molar-refractivity contribution in [3.8, 4) is 6.07 Å². The summed E-state index contributed by atoms with van der Waals surface area (Å²) in [6.07, 6.45) is 8.04. The van der Waals surface area contributed by atoms with Gasteiger partial charge in [0.05, 0.1) is 16.8 Å². The minimum Gasteiger partial charge on any atom is -0.348 e. The molecule has 1 aromatic carbocycles. The zero-order valence-electron chi connectivity index (χ0n) is 15.4. The highest BCUT2D eigenvalue weighted by atomic mass is 19.1. The van der Waals surface area contributed by atoms with Crippen molar-refractivity contribution in [3.63, 3.8) is 0 Å². The van der Waals surface area contributed by atoms with Gasteiger partial charge in [-0.05, 0) is 63.8 Å². The van der Waals surface area contributed by atoms with E-state index in [-0.39, 0.29) is 18.0 Å². The van der Waals surface area contributed by atoms with Crippen LogP contribution < -0.4 is 0 Å². The van der Waals surface area contributed by atoms with E-state index in [9.17, 15) is 9.65 Å². The number of hydrogen-bond donors (Lipinski definition) is 0. The van der Waals surface area contributed by atoms with Crippen LogP contribution in [0.5, 0.6) is 0 Å². The molecule has 1 unspecified atom stereocenters. The first-order chi connectivity index (χ1) is 12.5. The number of halogens is 1. The summed E-state index contributed by atoms with van der Waals surface area (Å²) < 4.78 is 16.0. The number of hydrogen-bond acceptors (Lipinski definition) is 3. The molecule has 1 aliphatic heterocycles. The van der Waals surface area contributed by atoms with E-state index in [0.717, 1.165) is 11.2 Å². The molecule has 134 valence electrons. The van der Waals surface area contributed by atoms with Gasteiger partial charge in [0.25, 0.3) is 0 Å². The molecule has 2 atom stereocenters. The van der Waals surface area contributed by atoms with Crippen LogP contribution in [-0.2, 0) is 0 Å². The average molecular weight is 350 g/mol. The molecule has 0 radical (unpaired) electrons. The Morgan fingerprint density at radius 1 is 1.27 bits per heavy atom. The highest BCUT2D eigenvalue weighted by molar-refractivity contribution is 5.89. The van der Waals surface area contributed by atoms with Crippen molar-refractivity contribution < 1.29 is 4.39 Å². The van der Waals surface area contributed by atoms with Crippen LogP contribution in [0.25, 0.3) is 10.9 Å². The van der Waals surface area contributed by atoms with Gasteiger partial charge in [0, 0.05) is 29.9 Å². The number of nitrogens with zero attached hydrogens (tertiary/aromatic N) is 4. The lowest BCUT2D eigenvalue weighted by atomic mass is 10.1. The third-order valence-electron chi connectivity index (χ3n) is 5.50. The fourth-order valence-electron chi connectivity index (χ4n) is 4.05. The van der Waals surface area contributed by atoms with Crippen LogP contribution in [0, 0.1) is 23.1 Å². The highest BCUT2D eigenvalue weighted by Crippen LogP contribution is 2.42. The van der Waals surface area contributed by atoms with Gasteiger partial charge in [0.15, 0.2) is 6.17 Å². The molecule has 5 heteroatoms. The van der Waals surface area contributed by atoms with Gasteiger partial charge < -0.3 is 9.47 Å². The van der Waals surface area contributed by atoms with E-state index in [1.807, 2.05) is 6.08 Å². The van der Waals surface area contributed by atoms with Gasteiger partial charge in [0.1, 0.15) is 11.9 Å². The number of fused-ring (bicyclic) bond motifs is 1. The predicted molar refractivity (Wildman–Crippen MR) is 101 cm³/mol. The molecule has 0 bridgehead atoms. The molecule has 4 rings (SSSR count). The van der Waals surface area contributed by atoms with E-state index in [0.29, 0.717) is 22.9 Å². The van der Waals surface area contributed by atoms with E-state index < -0.39 is 0 Å². The van der Waals surface area contributed by atoms with Crippen LogP contribution in [0.15, 0.2) is 35.5 Å². The molecule has 2 aromatic rings. The van der Waals surface area contributed by atoms with Crippen molar-refractivity contribution in [2.45, 2.75) is 51.9 Å². The molecule has 2 heterocycles. The average Bonchev–Trinajstić information content (AvgIpc) is 3.42. The van der Waals surface area contributed by atoms with Crippen molar-refractivity contribution in [1.82, 2.24) is 9.47 Å². The van der Waals surface area contributed by atoms with Crippen LogP contribution in [0.2, 0.25) is 0 Å². The van der Waals surface area contributed by atoms with Gasteiger partial charge in [-0.3, -0.25) is 4.99 Å². The molecular formula is C21H23FN4. The first kappa shape index (κ1) is 16.8. The Hall–Kier alpha value is -2.61. The maximum atomic E-state index is 13.9. The Morgan fingerprint density at radius 2 is 2.04 bits per heavy atom. The molecule has 1 saturated carbocycles. The molecule has 0 spiro atoms. The van der Waals surface area contributed by atoms with E-state index in [2.05, 4.69) is 42.5 Å². The molecule has 26 heavy (non-hydrogen) atoms. The van der Waals surface area contributed by atoms with Gasteiger partial charge in [-0.2, -0.15) is 5.26 Å². The molecule has 1 aliphatic carbocycles. The third-order valence-corrected chi connectivity index (χ3v) is 5.50. The standard InChI is InChI=1S/C21H23FN4/c1-13(2)26-19-8-7-16(22)11-17(19)18(12-23)20(26)21-24-9-4-10-25(21)14(3)15-5-6-15/h4,7-11,13-15,21H,5-6H2,1-3H3/t14-,21?/m0/s1. The van der Waals surface area contributed by atoms with Crippen molar-refractivity contribution in [2.75, 3.05) is 0 Å². The van der Waals surface area contributed by atoms with Crippen molar-refractivity contribution in [2.24, 2.45) is 10.9 Å². The molecule has 1 fully saturated rings. The molecule has 1 aromatic heterocycles. The van der Waals surface area contributed by atoms with E-state index in [1.165, 1.54) is 25.0 Å². The van der Waals surface area contributed by atoms with Crippen LogP contribution in [0.1, 0.15) is 57.1 Å². The Kier molecular flexibility index (Phi) is 4.07. The summed E-state index contributed by atoms with van der Waals surface area (Å²) in [7, 11) is 0. The van der Waals surface area contributed by atoms with E-state index in [4.69, 9.17) is 4.99 Å². The monoisotopic (exact) mass is 350 g/mol. The first-order valence-electron chi connectivity index (χ1n) is 9.23.